The van der Waals surface area contributed by atoms with Crippen LogP contribution in [0.2, 0.25) is 0 Å². The van der Waals surface area contributed by atoms with Crippen molar-refractivity contribution in [1.29, 1.82) is 0 Å². The summed E-state index contributed by atoms with van der Waals surface area (Å²) in [5.74, 6) is 0.496. The molecule has 12 aromatic rings. The summed E-state index contributed by atoms with van der Waals surface area (Å²) < 4.78 is 6.03. The lowest BCUT2D eigenvalue weighted by Crippen LogP contribution is -2.31. The van der Waals surface area contributed by atoms with E-state index in [0.717, 1.165) is 76.7 Å². The summed E-state index contributed by atoms with van der Waals surface area (Å²) in [6.45, 7) is 0. The molecule has 7 aromatic carbocycles. The van der Waals surface area contributed by atoms with Crippen molar-refractivity contribution in [1.82, 2.24) is 43.6 Å². The van der Waals surface area contributed by atoms with Crippen LogP contribution in [0, 0.1) is 0 Å². The monoisotopic (exact) mass is 850 g/mol. The molecule has 0 saturated heterocycles. The van der Waals surface area contributed by atoms with Gasteiger partial charge in [0.2, 0.25) is 35.4 Å². The van der Waals surface area contributed by atoms with Crippen molar-refractivity contribution in [2.45, 2.75) is 12.0 Å². The lowest BCUT2D eigenvalue weighted by atomic mass is 9.92. The minimum absolute atomic E-state index is 0.0601. The van der Waals surface area contributed by atoms with Gasteiger partial charge in [-0.15, -0.1) is 0 Å². The fourth-order valence-electron chi connectivity index (χ4n) is 10.4. The molecule has 0 fully saturated rings. The van der Waals surface area contributed by atoms with Crippen LogP contribution in [0.3, 0.4) is 0 Å². The van der Waals surface area contributed by atoms with Crippen molar-refractivity contribution in [2.24, 2.45) is 0 Å². The maximum absolute atomic E-state index is 15.7. The molecule has 1 aliphatic carbocycles. The normalized spacial score (nSPS) is 15.5. The second kappa shape index (κ2) is 14.0. The molecule has 0 radical (unpaired) electrons. The molecule has 310 valence electrons. The number of benzene rings is 7. The molecule has 66 heavy (non-hydrogen) atoms. The van der Waals surface area contributed by atoms with E-state index in [4.69, 9.17) is 29.9 Å². The van der Waals surface area contributed by atoms with Crippen LogP contribution in [0.4, 0.5) is 11.6 Å². The van der Waals surface area contributed by atoms with E-state index < -0.39 is 5.78 Å². The maximum atomic E-state index is 15.7. The van der Waals surface area contributed by atoms with Crippen LogP contribution >= 0.6 is 0 Å². The second-order valence-electron chi connectivity index (χ2n) is 16.7. The van der Waals surface area contributed by atoms with Crippen molar-refractivity contribution in [3.8, 4) is 17.8 Å². The number of ketones is 1. The highest BCUT2D eigenvalue weighted by atomic mass is 16.1. The minimum Gasteiger partial charge on any atom is -0.302 e. The van der Waals surface area contributed by atoms with Crippen LogP contribution in [0.15, 0.2) is 194 Å². The summed E-state index contributed by atoms with van der Waals surface area (Å²) in [6.07, 6.45) is 8.51. The standard InChI is InChI=1S/C55H34N10O/c66-49(50-56-52(62-41-25-9-1-17-33(41)34-18-2-10-26-42(34)62)60-53(57-50)63-43-27-11-3-19-35(43)36-20-4-12-28-44(36)63)51-58-54(64-45-29-13-5-21-37(45)38-22-6-14-30-46(38)64)61-55(59-51)65-47-31-15-7-23-39(47)40-24-8-16-32-48(40)65/h1-33,41H. The number of carbonyl (C=O) groups excluding carboxylic acids is 1. The van der Waals surface area contributed by atoms with E-state index in [1.54, 1.807) is 0 Å². The van der Waals surface area contributed by atoms with Gasteiger partial charge in [-0.3, -0.25) is 18.5 Å². The van der Waals surface area contributed by atoms with Gasteiger partial charge in [0.25, 0.3) is 5.78 Å². The molecular weight excluding hydrogens is 817 g/mol. The molecule has 5 aromatic heterocycles. The lowest BCUT2D eigenvalue weighted by molar-refractivity contribution is 0.101. The highest BCUT2D eigenvalue weighted by molar-refractivity contribution is 6.11. The number of hydrogen-bond donors (Lipinski definition) is 0. The zero-order valence-electron chi connectivity index (χ0n) is 35.0. The van der Waals surface area contributed by atoms with Crippen LogP contribution in [0.5, 0.6) is 0 Å². The molecule has 14 rings (SSSR count). The van der Waals surface area contributed by atoms with Gasteiger partial charge < -0.3 is 4.90 Å². The van der Waals surface area contributed by atoms with Gasteiger partial charge in [0.15, 0.2) is 0 Å². The van der Waals surface area contributed by atoms with Crippen LogP contribution < -0.4 is 4.90 Å². The number of nitrogens with zero attached hydrogens (tertiary/aromatic N) is 10. The topological polar surface area (TPSA) is 112 Å². The molecule has 2 atom stereocenters. The van der Waals surface area contributed by atoms with Crippen LogP contribution in [-0.2, 0) is 0 Å². The fraction of sp³-hybridized carbons (Fsp3) is 0.0364. The smallest absolute Gasteiger partial charge is 0.267 e. The Morgan fingerprint density at radius 3 is 1.12 bits per heavy atom. The fourth-order valence-corrected chi connectivity index (χ4v) is 10.4. The minimum atomic E-state index is -0.574. The summed E-state index contributed by atoms with van der Waals surface area (Å²) in [4.78, 5) is 48.7. The average Bonchev–Trinajstić information content (AvgIpc) is 4.11. The first-order valence-electron chi connectivity index (χ1n) is 21.9. The molecule has 2 aliphatic rings. The first-order valence-corrected chi connectivity index (χ1v) is 21.9. The highest BCUT2D eigenvalue weighted by Gasteiger charge is 2.39. The van der Waals surface area contributed by atoms with E-state index in [0.29, 0.717) is 11.9 Å². The van der Waals surface area contributed by atoms with Gasteiger partial charge in [-0.1, -0.05) is 152 Å². The molecule has 0 saturated carbocycles. The third-order valence-corrected chi connectivity index (χ3v) is 13.1. The van der Waals surface area contributed by atoms with E-state index in [9.17, 15) is 0 Å². The Bertz CT molecular complexity index is 3790. The number of hydrogen-bond acceptors (Lipinski definition) is 8. The van der Waals surface area contributed by atoms with Gasteiger partial charge >= 0.3 is 0 Å². The van der Waals surface area contributed by atoms with Gasteiger partial charge in [-0.2, -0.15) is 29.9 Å². The van der Waals surface area contributed by atoms with Crippen molar-refractivity contribution < 1.29 is 4.79 Å². The molecule has 6 heterocycles. The molecular formula is C55H34N10O. The predicted octanol–water partition coefficient (Wildman–Crippen LogP) is 11.3. The number of anilines is 2. The molecule has 0 amide bonds. The SMILES string of the molecule is O=C(c1nc(N2c3ccccc3C3C=CC=CC32)nc(-n2c3ccccc3c3ccccc32)n1)c1nc(-n2c3ccccc3c3ccccc32)nc(-n2c3ccccc3c3ccccc32)n1. The van der Waals surface area contributed by atoms with Crippen LogP contribution in [0.25, 0.3) is 83.3 Å². The summed E-state index contributed by atoms with van der Waals surface area (Å²) in [7, 11) is 0. The van der Waals surface area contributed by atoms with E-state index in [1.807, 2.05) is 117 Å². The number of rotatable bonds is 6. The van der Waals surface area contributed by atoms with Gasteiger partial charge in [-0.05, 0) is 48.0 Å². The molecule has 11 nitrogen and oxygen atoms in total. The number of fused-ring (bicyclic) bond motifs is 12. The summed E-state index contributed by atoms with van der Waals surface area (Å²) in [5, 5.41) is 6.22. The number of allylic oxidation sites excluding steroid dienone is 2. The Kier molecular flexibility index (Phi) is 7.70. The second-order valence-corrected chi connectivity index (χ2v) is 16.7. The third-order valence-electron chi connectivity index (χ3n) is 13.1. The van der Waals surface area contributed by atoms with E-state index in [2.05, 4.69) is 95.9 Å². The Balaban J connectivity index is 1.05. The summed E-state index contributed by atoms with van der Waals surface area (Å²) in [6, 6.07) is 57.2. The Labute approximate surface area is 375 Å². The Morgan fingerprint density at radius 2 is 0.697 bits per heavy atom. The van der Waals surface area contributed by atoms with E-state index in [1.165, 1.54) is 0 Å². The largest absolute Gasteiger partial charge is 0.302 e. The molecule has 0 bridgehead atoms. The average molecular weight is 851 g/mol. The Hall–Kier alpha value is -9.09. The first-order chi connectivity index (χ1) is 32.7. The molecule has 1 aliphatic heterocycles. The predicted molar refractivity (Wildman–Crippen MR) is 259 cm³/mol. The number of carbonyl (C=O) groups is 1. The lowest BCUT2D eigenvalue weighted by Gasteiger charge is -2.27. The third kappa shape index (κ3) is 5.22. The Morgan fingerprint density at radius 1 is 0.364 bits per heavy atom. The van der Waals surface area contributed by atoms with E-state index in [-0.39, 0.29) is 35.5 Å². The van der Waals surface area contributed by atoms with Gasteiger partial charge in [-0.25, -0.2) is 0 Å². The van der Waals surface area contributed by atoms with Crippen molar-refractivity contribution in [3.05, 3.63) is 211 Å². The highest BCUT2D eigenvalue weighted by Crippen LogP contribution is 2.47. The zero-order chi connectivity index (χ0) is 43.5. The van der Waals surface area contributed by atoms with Crippen LogP contribution in [-0.4, -0.2) is 55.4 Å². The van der Waals surface area contributed by atoms with Crippen molar-refractivity contribution in [2.75, 3.05) is 4.90 Å². The van der Waals surface area contributed by atoms with Crippen molar-refractivity contribution >= 4 is 82.8 Å². The molecule has 0 spiro atoms. The van der Waals surface area contributed by atoms with Gasteiger partial charge in [0.05, 0.1) is 39.1 Å². The molecule has 2 unspecified atom stereocenters. The molecule has 11 heteroatoms. The number of aromatic nitrogens is 9. The van der Waals surface area contributed by atoms with E-state index >= 15 is 4.79 Å². The number of para-hydroxylation sites is 7. The van der Waals surface area contributed by atoms with Gasteiger partial charge in [0.1, 0.15) is 0 Å². The zero-order valence-corrected chi connectivity index (χ0v) is 35.0. The summed E-state index contributed by atoms with van der Waals surface area (Å²) >= 11 is 0. The molecule has 0 N–H and O–H groups in total. The quantitative estimate of drug-likeness (QED) is 0.152. The van der Waals surface area contributed by atoms with Crippen LogP contribution in [0.1, 0.15) is 27.9 Å². The summed E-state index contributed by atoms with van der Waals surface area (Å²) in [5.41, 5.74) is 7.49. The first kappa shape index (κ1) is 36.4. The maximum Gasteiger partial charge on any atom is 0.267 e. The van der Waals surface area contributed by atoms with Crippen molar-refractivity contribution in [3.63, 3.8) is 0 Å². The van der Waals surface area contributed by atoms with Gasteiger partial charge in [0, 0.05) is 43.9 Å².